The van der Waals surface area contributed by atoms with Gasteiger partial charge in [-0.3, -0.25) is 0 Å². The van der Waals surface area contributed by atoms with Gasteiger partial charge in [0.2, 0.25) is 0 Å². The van der Waals surface area contributed by atoms with E-state index in [1.165, 1.54) is 16.6 Å². The molecule has 0 aromatic carbocycles. The van der Waals surface area contributed by atoms with Crippen molar-refractivity contribution in [3.05, 3.63) is 12.7 Å². The number of hydrogen-bond acceptors (Lipinski definition) is 2. The van der Waals surface area contributed by atoms with Gasteiger partial charge in [-0.1, -0.05) is 0 Å². The van der Waals surface area contributed by atoms with Crippen LogP contribution < -0.4 is 0 Å². The molecule has 0 aromatic heterocycles. The summed E-state index contributed by atoms with van der Waals surface area (Å²) in [6, 6.07) is 0. The van der Waals surface area contributed by atoms with Crippen LogP contribution in [-0.4, -0.2) is 36.3 Å². The Morgan fingerprint density at radius 1 is 1.64 bits per heavy atom. The van der Waals surface area contributed by atoms with Crippen LogP contribution in [0.15, 0.2) is 12.7 Å². The monoisotopic (exact) mass is 280 g/mol. The second-order valence-corrected chi connectivity index (χ2v) is 6.04. The molecule has 0 bridgehead atoms. The number of unbranched alkanes of at least 4 members (excludes halogenated alkanes) is 1. The average molecular weight is 279 g/mol. The molecule has 14 heavy (non-hydrogen) atoms. The standard InChI is InChI=1S/C11H20OSSe/c1-4-6-8-13-11(14)10(7-5-2)9(3)12/h5,9-10,12H,2,4,6-8H2,1,3H3/t9-,10+/m0/s1. The molecule has 0 radical (unpaired) electrons. The van der Waals surface area contributed by atoms with E-state index in [1.54, 1.807) is 0 Å². The summed E-state index contributed by atoms with van der Waals surface area (Å²) in [7, 11) is 0. The molecule has 0 saturated carbocycles. The Labute approximate surface area is 99.7 Å². The molecule has 0 aromatic rings. The molecule has 1 nitrogen and oxygen atoms in total. The molecule has 0 spiro atoms. The third-order valence-electron chi connectivity index (χ3n) is 2.05. The molecule has 82 valence electrons. The number of hydrogen-bond donors (Lipinski definition) is 1. The van der Waals surface area contributed by atoms with Crippen LogP contribution in [0.2, 0.25) is 0 Å². The van der Waals surface area contributed by atoms with Crippen LogP contribution in [0.3, 0.4) is 0 Å². The molecule has 0 aliphatic carbocycles. The molecular formula is C11H20OSSe. The number of aliphatic hydroxyl groups excluding tert-OH is 1. The van der Waals surface area contributed by atoms with Gasteiger partial charge in [0.15, 0.2) is 0 Å². The number of aliphatic hydroxyl groups is 1. The molecule has 0 amide bonds. The predicted molar refractivity (Wildman–Crippen MR) is 68.1 cm³/mol. The van der Waals surface area contributed by atoms with Gasteiger partial charge < -0.3 is 0 Å². The Morgan fingerprint density at radius 3 is 2.71 bits per heavy atom. The normalized spacial score (nSPS) is 14.8. The van der Waals surface area contributed by atoms with Crippen LogP contribution in [0.25, 0.3) is 0 Å². The van der Waals surface area contributed by atoms with Gasteiger partial charge in [0.1, 0.15) is 0 Å². The van der Waals surface area contributed by atoms with E-state index in [-0.39, 0.29) is 12.0 Å². The van der Waals surface area contributed by atoms with E-state index >= 15 is 0 Å². The van der Waals surface area contributed by atoms with Gasteiger partial charge >= 0.3 is 99.7 Å². The Kier molecular flexibility index (Phi) is 9.00. The molecule has 0 aliphatic rings. The minimum absolute atomic E-state index is 0.217. The molecule has 3 heteroatoms. The third-order valence-corrected chi connectivity index (χ3v) is 4.50. The maximum absolute atomic E-state index is 9.57. The summed E-state index contributed by atoms with van der Waals surface area (Å²) in [5.74, 6) is 1.36. The maximum atomic E-state index is 9.57. The first-order chi connectivity index (χ1) is 6.63. The Hall–Kier alpha value is 0.439. The number of thioether (sulfide) groups is 1. The van der Waals surface area contributed by atoms with Crippen molar-refractivity contribution in [3.63, 3.8) is 0 Å². The Bertz CT molecular complexity index is 180. The van der Waals surface area contributed by atoms with Crippen molar-refractivity contribution in [2.45, 2.75) is 39.2 Å². The van der Waals surface area contributed by atoms with E-state index in [4.69, 9.17) is 0 Å². The first kappa shape index (κ1) is 14.4. The molecule has 0 fully saturated rings. The van der Waals surface area contributed by atoms with E-state index in [0.717, 1.165) is 12.2 Å². The Balaban J connectivity index is 3.95. The van der Waals surface area contributed by atoms with Crippen LogP contribution in [0.4, 0.5) is 0 Å². The molecule has 0 saturated heterocycles. The SMILES string of the molecule is C=CC[C@@H](C(=[Se])SCCCC)[C@H](C)O. The summed E-state index contributed by atoms with van der Waals surface area (Å²) in [5.41, 5.74) is 0. The summed E-state index contributed by atoms with van der Waals surface area (Å²) >= 11 is 4.90. The second kappa shape index (κ2) is 8.72. The third kappa shape index (κ3) is 6.02. The number of allylic oxidation sites excluding steroid dienone is 1. The van der Waals surface area contributed by atoms with Crippen molar-refractivity contribution in [3.8, 4) is 0 Å². The van der Waals surface area contributed by atoms with Gasteiger partial charge in [0.05, 0.1) is 0 Å². The van der Waals surface area contributed by atoms with Crippen molar-refractivity contribution < 1.29 is 5.11 Å². The van der Waals surface area contributed by atoms with Gasteiger partial charge in [-0.2, -0.15) is 0 Å². The first-order valence-corrected chi connectivity index (χ1v) is 6.93. The topological polar surface area (TPSA) is 20.2 Å². The van der Waals surface area contributed by atoms with Crippen LogP contribution in [0.1, 0.15) is 33.1 Å². The van der Waals surface area contributed by atoms with E-state index in [1.807, 2.05) is 24.8 Å². The van der Waals surface area contributed by atoms with E-state index in [0.29, 0.717) is 0 Å². The average Bonchev–Trinajstić information content (AvgIpc) is 2.13. The van der Waals surface area contributed by atoms with E-state index < -0.39 is 0 Å². The van der Waals surface area contributed by atoms with Crippen molar-refractivity contribution in [2.24, 2.45) is 5.92 Å². The minimum atomic E-state index is -0.293. The fraction of sp³-hybridized carbons (Fsp3) is 0.727. The molecule has 0 rings (SSSR count). The van der Waals surface area contributed by atoms with E-state index in [2.05, 4.69) is 29.1 Å². The van der Waals surface area contributed by atoms with Crippen molar-refractivity contribution in [2.75, 3.05) is 5.75 Å². The molecule has 0 heterocycles. The van der Waals surface area contributed by atoms with Crippen LogP contribution >= 0.6 is 11.8 Å². The van der Waals surface area contributed by atoms with Crippen molar-refractivity contribution in [1.29, 1.82) is 0 Å². The van der Waals surface area contributed by atoms with Crippen LogP contribution in [0.5, 0.6) is 0 Å². The summed E-state index contributed by atoms with van der Waals surface area (Å²) in [5, 5.41) is 9.57. The molecule has 2 atom stereocenters. The molecular weight excluding hydrogens is 259 g/mol. The quantitative estimate of drug-likeness (QED) is 0.418. The molecule has 1 N–H and O–H groups in total. The zero-order valence-corrected chi connectivity index (χ0v) is 11.6. The second-order valence-electron chi connectivity index (χ2n) is 3.39. The fourth-order valence-corrected chi connectivity index (χ4v) is 3.37. The van der Waals surface area contributed by atoms with Gasteiger partial charge in [0.25, 0.3) is 0 Å². The summed E-state index contributed by atoms with van der Waals surface area (Å²) < 4.78 is 1.22. The number of rotatable bonds is 8. The molecule has 0 aliphatic heterocycles. The van der Waals surface area contributed by atoms with Crippen LogP contribution in [0, 0.1) is 5.92 Å². The first-order valence-electron chi connectivity index (χ1n) is 5.09. The molecule has 0 unspecified atom stereocenters. The van der Waals surface area contributed by atoms with Gasteiger partial charge in [-0.15, -0.1) is 0 Å². The fourth-order valence-electron chi connectivity index (χ4n) is 1.09. The zero-order chi connectivity index (χ0) is 11.0. The van der Waals surface area contributed by atoms with Gasteiger partial charge in [-0.25, -0.2) is 0 Å². The van der Waals surface area contributed by atoms with Crippen molar-refractivity contribution in [1.82, 2.24) is 0 Å². The van der Waals surface area contributed by atoms with Crippen LogP contribution in [-0.2, 0) is 0 Å². The Morgan fingerprint density at radius 2 is 2.29 bits per heavy atom. The zero-order valence-electron chi connectivity index (χ0n) is 9.03. The van der Waals surface area contributed by atoms with Crippen molar-refractivity contribution >= 4 is 31.1 Å². The van der Waals surface area contributed by atoms with Gasteiger partial charge in [-0.05, 0) is 0 Å². The van der Waals surface area contributed by atoms with Gasteiger partial charge in [0, 0.05) is 0 Å². The summed E-state index contributed by atoms with van der Waals surface area (Å²) in [6.07, 6.45) is 4.88. The summed E-state index contributed by atoms with van der Waals surface area (Å²) in [4.78, 5) is 0. The summed E-state index contributed by atoms with van der Waals surface area (Å²) in [6.45, 7) is 7.74. The predicted octanol–water partition coefficient (Wildman–Crippen LogP) is 2.39. The van der Waals surface area contributed by atoms with E-state index in [9.17, 15) is 5.11 Å².